The van der Waals surface area contributed by atoms with Gasteiger partial charge < -0.3 is 29.5 Å². The quantitative estimate of drug-likeness (QED) is 0.251. The molecule has 14 heteroatoms. The Morgan fingerprint density at radius 2 is 1.77 bits per heavy atom. The number of hydrogen-bond acceptors (Lipinski definition) is 10. The zero-order valence-electron chi connectivity index (χ0n) is 15.5. The molecular weight excluding hydrogens is 412 g/mol. The number of aliphatic hydroxyl groups is 1. The van der Waals surface area contributed by atoms with E-state index in [1.165, 1.54) is 0 Å². The first-order valence-corrected chi connectivity index (χ1v) is 8.39. The highest BCUT2D eigenvalue weighted by Crippen LogP contribution is 2.39. The van der Waals surface area contributed by atoms with Crippen LogP contribution in [0.5, 0.6) is 0 Å². The van der Waals surface area contributed by atoms with Crippen LogP contribution in [0.3, 0.4) is 0 Å². The number of aliphatic carboxylic acids is 2. The molecule has 0 saturated carbocycles. The predicted molar refractivity (Wildman–Crippen MR) is 91.2 cm³/mol. The minimum atomic E-state index is -2.14. The fourth-order valence-electron chi connectivity index (χ4n) is 2.83. The minimum Gasteiger partial charge on any atom is -0.481 e. The standard InChI is InChI=1S/C16H18N2O12/c1-16(27)13(30-12(25)5-10(22)23)7(6-28-11(24)4-9(20)21)29-14(16)18-3-2-8(19)17-15(18)26/h2-3,7,13-14,27H,4-6H2,1H3,(H,20,21)(H,22,23)(H,17,19,26)/t7-,13-,14-,16+/m1/s1. The van der Waals surface area contributed by atoms with Crippen LogP contribution in [0.1, 0.15) is 26.0 Å². The van der Waals surface area contributed by atoms with Gasteiger partial charge in [0.2, 0.25) is 0 Å². The lowest BCUT2D eigenvalue weighted by atomic mass is 9.96. The van der Waals surface area contributed by atoms with Gasteiger partial charge in [-0.05, 0) is 6.92 Å². The van der Waals surface area contributed by atoms with E-state index in [4.69, 9.17) is 24.4 Å². The zero-order valence-corrected chi connectivity index (χ0v) is 15.5. The molecule has 0 aromatic carbocycles. The van der Waals surface area contributed by atoms with Crippen molar-refractivity contribution in [2.24, 2.45) is 0 Å². The summed E-state index contributed by atoms with van der Waals surface area (Å²) in [6.07, 6.45) is -5.52. The van der Waals surface area contributed by atoms with Gasteiger partial charge in [0.1, 0.15) is 31.2 Å². The first-order valence-electron chi connectivity index (χ1n) is 8.39. The van der Waals surface area contributed by atoms with Crippen LogP contribution in [0.2, 0.25) is 0 Å². The summed E-state index contributed by atoms with van der Waals surface area (Å²) in [5.41, 5.74) is -3.83. The molecule has 4 N–H and O–H groups in total. The second-order valence-electron chi connectivity index (χ2n) is 6.50. The maximum absolute atomic E-state index is 12.1. The van der Waals surface area contributed by atoms with E-state index in [2.05, 4.69) is 0 Å². The molecule has 2 rings (SSSR count). The highest BCUT2D eigenvalue weighted by Gasteiger charge is 2.56. The molecule has 1 aliphatic rings. The van der Waals surface area contributed by atoms with Gasteiger partial charge in [-0.3, -0.25) is 33.5 Å². The summed E-state index contributed by atoms with van der Waals surface area (Å²) in [5, 5.41) is 28.2. The highest BCUT2D eigenvalue weighted by atomic mass is 16.6. The van der Waals surface area contributed by atoms with Gasteiger partial charge in [0.25, 0.3) is 5.56 Å². The fraction of sp³-hybridized carbons (Fsp3) is 0.500. The van der Waals surface area contributed by atoms with E-state index in [0.717, 1.165) is 23.8 Å². The van der Waals surface area contributed by atoms with Crippen LogP contribution in [0, 0.1) is 0 Å². The fourth-order valence-corrected chi connectivity index (χ4v) is 2.83. The number of nitrogens with one attached hydrogen (secondary N) is 1. The second-order valence-corrected chi connectivity index (χ2v) is 6.50. The summed E-state index contributed by atoms with van der Waals surface area (Å²) in [7, 11) is 0. The molecule has 14 nitrogen and oxygen atoms in total. The van der Waals surface area contributed by atoms with E-state index < -0.39 is 78.6 Å². The summed E-state index contributed by atoms with van der Waals surface area (Å²) >= 11 is 0. The molecule has 0 aliphatic carbocycles. The van der Waals surface area contributed by atoms with Gasteiger partial charge >= 0.3 is 29.6 Å². The maximum Gasteiger partial charge on any atom is 0.330 e. The van der Waals surface area contributed by atoms with Crippen molar-refractivity contribution in [2.75, 3.05) is 6.61 Å². The molecule has 1 aromatic rings. The van der Waals surface area contributed by atoms with Crippen molar-refractivity contribution in [2.45, 2.75) is 43.8 Å². The van der Waals surface area contributed by atoms with Gasteiger partial charge in [-0.2, -0.15) is 0 Å². The molecule has 1 fully saturated rings. The second kappa shape index (κ2) is 8.87. The average molecular weight is 430 g/mol. The van der Waals surface area contributed by atoms with Crippen LogP contribution in [-0.4, -0.2) is 73.2 Å². The number of carboxylic acids is 2. The largest absolute Gasteiger partial charge is 0.481 e. The molecule has 0 amide bonds. The van der Waals surface area contributed by atoms with Crippen molar-refractivity contribution in [3.63, 3.8) is 0 Å². The van der Waals surface area contributed by atoms with Gasteiger partial charge in [0, 0.05) is 12.3 Å². The van der Waals surface area contributed by atoms with E-state index in [1.54, 1.807) is 0 Å². The number of carbonyl (C=O) groups excluding carboxylic acids is 2. The van der Waals surface area contributed by atoms with Gasteiger partial charge in [-0.1, -0.05) is 0 Å². The molecular formula is C16H18N2O12. The molecule has 0 spiro atoms. The van der Waals surface area contributed by atoms with E-state index in [-0.39, 0.29) is 0 Å². The molecule has 1 aliphatic heterocycles. The predicted octanol–water partition coefficient (Wildman–Crippen LogP) is -2.41. The number of carbonyl (C=O) groups is 4. The number of esters is 2. The summed E-state index contributed by atoms with van der Waals surface area (Å²) in [4.78, 5) is 69.8. The summed E-state index contributed by atoms with van der Waals surface area (Å²) < 4.78 is 16.0. The Hall–Kier alpha value is -3.52. The van der Waals surface area contributed by atoms with Crippen LogP contribution in [0.15, 0.2) is 21.9 Å². The Morgan fingerprint density at radius 3 is 2.33 bits per heavy atom. The molecule has 1 saturated heterocycles. The Morgan fingerprint density at radius 1 is 1.17 bits per heavy atom. The third kappa shape index (κ3) is 5.30. The molecule has 0 radical (unpaired) electrons. The number of aromatic amines is 1. The molecule has 4 atom stereocenters. The molecule has 30 heavy (non-hydrogen) atoms. The van der Waals surface area contributed by atoms with E-state index in [1.807, 2.05) is 4.98 Å². The van der Waals surface area contributed by atoms with E-state index in [0.29, 0.717) is 0 Å². The lowest BCUT2D eigenvalue weighted by molar-refractivity contribution is -0.168. The number of nitrogens with zero attached hydrogens (tertiary/aromatic N) is 1. The number of H-pyrrole nitrogens is 1. The first-order chi connectivity index (χ1) is 13.9. The minimum absolute atomic E-state index is 0.679. The number of carboxylic acid groups (broad SMARTS) is 2. The van der Waals surface area contributed by atoms with Crippen molar-refractivity contribution >= 4 is 23.9 Å². The number of ether oxygens (including phenoxy) is 3. The summed E-state index contributed by atoms with van der Waals surface area (Å²) in [5.74, 6) is -5.35. The van der Waals surface area contributed by atoms with Crippen LogP contribution in [0.25, 0.3) is 0 Å². The van der Waals surface area contributed by atoms with Crippen LogP contribution >= 0.6 is 0 Å². The first kappa shape index (κ1) is 22.8. The Kier molecular flexibility index (Phi) is 6.73. The van der Waals surface area contributed by atoms with Gasteiger partial charge in [-0.25, -0.2) is 4.79 Å². The van der Waals surface area contributed by atoms with Crippen molar-refractivity contribution < 1.29 is 48.7 Å². The highest BCUT2D eigenvalue weighted by molar-refractivity contribution is 5.90. The monoisotopic (exact) mass is 430 g/mol. The smallest absolute Gasteiger partial charge is 0.330 e. The zero-order chi connectivity index (χ0) is 22.6. The Labute approximate surface area is 166 Å². The number of hydrogen-bond donors (Lipinski definition) is 4. The maximum atomic E-state index is 12.1. The summed E-state index contributed by atoms with van der Waals surface area (Å²) in [6.45, 7) is 0.439. The van der Waals surface area contributed by atoms with Crippen molar-refractivity contribution in [1.82, 2.24) is 9.55 Å². The van der Waals surface area contributed by atoms with Gasteiger partial charge in [0.15, 0.2) is 12.3 Å². The molecule has 2 heterocycles. The van der Waals surface area contributed by atoms with Crippen molar-refractivity contribution in [3.05, 3.63) is 33.1 Å². The van der Waals surface area contributed by atoms with Crippen molar-refractivity contribution in [1.29, 1.82) is 0 Å². The summed E-state index contributed by atoms with van der Waals surface area (Å²) in [6, 6.07) is 0.965. The molecule has 164 valence electrons. The van der Waals surface area contributed by atoms with Crippen LogP contribution < -0.4 is 11.2 Å². The lowest BCUT2D eigenvalue weighted by Crippen LogP contribution is -2.49. The third-order valence-corrected chi connectivity index (χ3v) is 4.08. The van der Waals surface area contributed by atoms with Crippen LogP contribution in [0.4, 0.5) is 0 Å². The lowest BCUT2D eigenvalue weighted by Gasteiger charge is -2.29. The molecule has 0 bridgehead atoms. The number of rotatable bonds is 8. The average Bonchev–Trinajstić information content (AvgIpc) is 2.83. The van der Waals surface area contributed by atoms with Crippen LogP contribution in [-0.2, 0) is 33.4 Å². The molecule has 0 unspecified atom stereocenters. The van der Waals surface area contributed by atoms with Gasteiger partial charge in [0.05, 0.1) is 0 Å². The van der Waals surface area contributed by atoms with Gasteiger partial charge in [-0.15, -0.1) is 0 Å². The third-order valence-electron chi connectivity index (χ3n) is 4.08. The Balaban J connectivity index is 2.31. The Bertz CT molecular complexity index is 961. The SMILES string of the molecule is C[C@]1(O)[C@H](OC(=O)CC(=O)O)[C@@H](COC(=O)CC(=O)O)O[C@H]1n1ccc(=O)[nH]c1=O. The topological polar surface area (TPSA) is 212 Å². The van der Waals surface area contributed by atoms with E-state index in [9.17, 15) is 33.9 Å². The van der Waals surface area contributed by atoms with E-state index >= 15 is 0 Å². The normalized spacial score (nSPS) is 25.5. The number of aromatic nitrogens is 2. The molecule has 1 aromatic heterocycles. The van der Waals surface area contributed by atoms with Crippen molar-refractivity contribution in [3.8, 4) is 0 Å².